The van der Waals surface area contributed by atoms with Crippen LogP contribution >= 0.6 is 15.9 Å². The molecule has 1 aliphatic rings. The Morgan fingerprint density at radius 2 is 1.83 bits per heavy atom. The first-order chi connectivity index (χ1) is 10.7. The second kappa shape index (κ2) is 5.45. The lowest BCUT2D eigenvalue weighted by molar-refractivity contribution is 0.0592. The molecule has 1 heterocycles. The maximum atomic E-state index is 14.6. The molecule has 120 valence electrons. The monoisotopic (exact) mass is 375 g/mol. The standard InChI is InChI=1S/C19H19BrFNO/c1-11-5-6-13(9-12(11)2)10-22-18(23)14-7-8-15(20)17(21)16(14)19(22,3)4/h5-9H,10H2,1-4H3. The Morgan fingerprint density at radius 1 is 1.13 bits per heavy atom. The summed E-state index contributed by atoms with van der Waals surface area (Å²) in [7, 11) is 0. The smallest absolute Gasteiger partial charge is 0.255 e. The first-order valence-electron chi connectivity index (χ1n) is 7.60. The van der Waals surface area contributed by atoms with Crippen molar-refractivity contribution in [1.29, 1.82) is 0 Å². The average Bonchev–Trinajstić information content (AvgIpc) is 2.67. The molecule has 4 heteroatoms. The Kier molecular flexibility index (Phi) is 3.83. The van der Waals surface area contributed by atoms with Gasteiger partial charge in [-0.1, -0.05) is 18.2 Å². The first-order valence-corrected chi connectivity index (χ1v) is 8.39. The number of hydrogen-bond acceptors (Lipinski definition) is 1. The molecule has 1 aliphatic heterocycles. The minimum atomic E-state index is -0.681. The lowest BCUT2D eigenvalue weighted by atomic mass is 9.93. The lowest BCUT2D eigenvalue weighted by Gasteiger charge is -2.33. The second-order valence-corrected chi connectivity index (χ2v) is 7.51. The van der Waals surface area contributed by atoms with Crippen LogP contribution < -0.4 is 0 Å². The van der Waals surface area contributed by atoms with Crippen molar-refractivity contribution in [2.24, 2.45) is 0 Å². The molecule has 3 rings (SSSR count). The molecule has 0 N–H and O–H groups in total. The van der Waals surface area contributed by atoms with E-state index >= 15 is 0 Å². The largest absolute Gasteiger partial charge is 0.325 e. The highest BCUT2D eigenvalue weighted by atomic mass is 79.9. The van der Waals surface area contributed by atoms with Crippen molar-refractivity contribution in [3.63, 3.8) is 0 Å². The number of amides is 1. The molecular formula is C19H19BrFNO. The topological polar surface area (TPSA) is 20.3 Å². The van der Waals surface area contributed by atoms with E-state index in [9.17, 15) is 9.18 Å². The van der Waals surface area contributed by atoms with Gasteiger partial charge in [-0.2, -0.15) is 0 Å². The van der Waals surface area contributed by atoms with Crippen LogP contribution in [0.4, 0.5) is 4.39 Å². The van der Waals surface area contributed by atoms with Gasteiger partial charge in [0.25, 0.3) is 5.91 Å². The maximum absolute atomic E-state index is 14.6. The number of aryl methyl sites for hydroxylation is 2. The molecule has 0 saturated carbocycles. The highest BCUT2D eigenvalue weighted by Gasteiger charge is 2.45. The molecule has 2 nitrogen and oxygen atoms in total. The van der Waals surface area contributed by atoms with Crippen LogP contribution in [-0.2, 0) is 12.1 Å². The lowest BCUT2D eigenvalue weighted by Crippen LogP contribution is -2.38. The number of benzene rings is 2. The van der Waals surface area contributed by atoms with Crippen molar-refractivity contribution in [1.82, 2.24) is 4.90 Å². The average molecular weight is 376 g/mol. The fourth-order valence-electron chi connectivity index (χ4n) is 3.22. The quantitative estimate of drug-likeness (QED) is 0.715. The van der Waals surface area contributed by atoms with Crippen molar-refractivity contribution in [3.8, 4) is 0 Å². The van der Waals surface area contributed by atoms with Crippen LogP contribution in [-0.4, -0.2) is 10.8 Å². The summed E-state index contributed by atoms with van der Waals surface area (Å²) in [5.74, 6) is -0.460. The first kappa shape index (κ1) is 16.2. The van der Waals surface area contributed by atoms with E-state index in [0.717, 1.165) is 5.56 Å². The Bertz CT molecular complexity index is 813. The zero-order valence-electron chi connectivity index (χ0n) is 13.7. The Labute approximate surface area is 144 Å². The van der Waals surface area contributed by atoms with E-state index < -0.39 is 5.54 Å². The number of rotatable bonds is 2. The fourth-order valence-corrected chi connectivity index (χ4v) is 3.55. The molecule has 2 aromatic rings. The third-order valence-electron chi connectivity index (χ3n) is 4.77. The van der Waals surface area contributed by atoms with Gasteiger partial charge in [0, 0.05) is 17.7 Å². The minimum Gasteiger partial charge on any atom is -0.325 e. The number of hydrogen-bond donors (Lipinski definition) is 0. The van der Waals surface area contributed by atoms with Crippen molar-refractivity contribution >= 4 is 21.8 Å². The van der Waals surface area contributed by atoms with E-state index in [0.29, 0.717) is 22.1 Å². The molecule has 0 aromatic heterocycles. The molecule has 0 spiro atoms. The number of halogens is 2. The second-order valence-electron chi connectivity index (χ2n) is 6.65. The summed E-state index contributed by atoms with van der Waals surface area (Å²) < 4.78 is 15.0. The van der Waals surface area contributed by atoms with Gasteiger partial charge in [-0.25, -0.2) is 4.39 Å². The molecule has 2 aromatic carbocycles. The van der Waals surface area contributed by atoms with Gasteiger partial charge in [-0.05, 0) is 72.4 Å². The van der Waals surface area contributed by atoms with E-state index in [1.807, 2.05) is 19.9 Å². The molecule has 0 unspecified atom stereocenters. The molecule has 0 atom stereocenters. The normalized spacial score (nSPS) is 15.9. The summed E-state index contributed by atoms with van der Waals surface area (Å²) in [6.45, 7) is 8.38. The highest BCUT2D eigenvalue weighted by molar-refractivity contribution is 9.10. The van der Waals surface area contributed by atoms with Crippen LogP contribution in [0.5, 0.6) is 0 Å². The maximum Gasteiger partial charge on any atom is 0.255 e. The molecular weight excluding hydrogens is 357 g/mol. The summed E-state index contributed by atoms with van der Waals surface area (Å²) >= 11 is 3.22. The van der Waals surface area contributed by atoms with Gasteiger partial charge in [0.15, 0.2) is 0 Å². The summed E-state index contributed by atoms with van der Waals surface area (Å²) in [6.07, 6.45) is 0. The van der Waals surface area contributed by atoms with Gasteiger partial charge in [-0.3, -0.25) is 4.79 Å². The van der Waals surface area contributed by atoms with Gasteiger partial charge in [0.1, 0.15) is 5.82 Å². The van der Waals surface area contributed by atoms with Crippen molar-refractivity contribution in [2.75, 3.05) is 0 Å². The van der Waals surface area contributed by atoms with Gasteiger partial charge in [0.2, 0.25) is 0 Å². The van der Waals surface area contributed by atoms with Crippen LogP contribution in [0.25, 0.3) is 0 Å². The number of fused-ring (bicyclic) bond motifs is 1. The van der Waals surface area contributed by atoms with E-state index in [1.165, 1.54) is 11.1 Å². The molecule has 0 aliphatic carbocycles. The van der Waals surface area contributed by atoms with Gasteiger partial charge in [-0.15, -0.1) is 0 Å². The van der Waals surface area contributed by atoms with E-state index in [2.05, 4.69) is 41.9 Å². The summed E-state index contributed by atoms with van der Waals surface area (Å²) in [4.78, 5) is 14.5. The molecule has 0 bridgehead atoms. The molecule has 1 amide bonds. The SMILES string of the molecule is Cc1ccc(CN2C(=O)c3ccc(Br)c(F)c3C2(C)C)cc1C. The van der Waals surface area contributed by atoms with Crippen LogP contribution in [0.3, 0.4) is 0 Å². The van der Waals surface area contributed by atoms with Crippen molar-refractivity contribution in [3.05, 3.63) is 68.4 Å². The van der Waals surface area contributed by atoms with Crippen LogP contribution in [0.15, 0.2) is 34.8 Å². The van der Waals surface area contributed by atoms with Crippen LogP contribution in [0, 0.1) is 19.7 Å². The summed E-state index contributed by atoms with van der Waals surface area (Å²) in [5, 5.41) is 0. The Morgan fingerprint density at radius 3 is 2.48 bits per heavy atom. The van der Waals surface area contributed by atoms with Gasteiger partial charge >= 0.3 is 0 Å². The van der Waals surface area contributed by atoms with E-state index in [-0.39, 0.29) is 11.7 Å². The Balaban J connectivity index is 2.03. The van der Waals surface area contributed by atoms with Crippen LogP contribution in [0.1, 0.15) is 46.5 Å². The summed E-state index contributed by atoms with van der Waals surface area (Å²) in [5.41, 5.74) is 3.72. The number of carbonyl (C=O) groups is 1. The Hall–Kier alpha value is -1.68. The van der Waals surface area contributed by atoms with E-state index in [4.69, 9.17) is 0 Å². The predicted molar refractivity (Wildman–Crippen MR) is 92.9 cm³/mol. The van der Waals surface area contributed by atoms with Crippen molar-refractivity contribution in [2.45, 2.75) is 39.8 Å². The third-order valence-corrected chi connectivity index (χ3v) is 5.38. The zero-order valence-corrected chi connectivity index (χ0v) is 15.3. The highest BCUT2D eigenvalue weighted by Crippen LogP contribution is 2.42. The van der Waals surface area contributed by atoms with Gasteiger partial charge < -0.3 is 4.90 Å². The minimum absolute atomic E-state index is 0.116. The fraction of sp³-hybridized carbons (Fsp3) is 0.316. The number of carbonyl (C=O) groups excluding carboxylic acids is 1. The molecule has 0 radical (unpaired) electrons. The van der Waals surface area contributed by atoms with Crippen LogP contribution in [0.2, 0.25) is 0 Å². The number of nitrogens with zero attached hydrogens (tertiary/aromatic N) is 1. The molecule has 0 fully saturated rings. The molecule has 0 saturated heterocycles. The predicted octanol–water partition coefficient (Wildman–Crippen LogP) is 5.10. The van der Waals surface area contributed by atoms with Crippen molar-refractivity contribution < 1.29 is 9.18 Å². The summed E-state index contributed by atoms with van der Waals surface area (Å²) in [6, 6.07) is 9.48. The molecule has 23 heavy (non-hydrogen) atoms. The third kappa shape index (κ3) is 2.49. The van der Waals surface area contributed by atoms with Gasteiger partial charge in [0.05, 0.1) is 10.0 Å². The van der Waals surface area contributed by atoms with E-state index in [1.54, 1.807) is 17.0 Å². The zero-order chi connectivity index (χ0) is 16.9.